The van der Waals surface area contributed by atoms with Gasteiger partial charge in [-0.3, -0.25) is 4.79 Å². The molecule has 0 fully saturated rings. The van der Waals surface area contributed by atoms with Crippen LogP contribution in [-0.4, -0.2) is 19.0 Å². The maximum atomic E-state index is 10.7. The molecular formula is C7H12N2O. The quantitative estimate of drug-likeness (QED) is 0.518. The highest BCUT2D eigenvalue weighted by Crippen LogP contribution is 1.71. The SMILES string of the molecule is CC#CCNC(=O)CCN. The van der Waals surface area contributed by atoms with E-state index in [1.807, 2.05) is 0 Å². The van der Waals surface area contributed by atoms with Gasteiger partial charge in [-0.2, -0.15) is 0 Å². The van der Waals surface area contributed by atoms with E-state index in [0.717, 1.165) is 0 Å². The van der Waals surface area contributed by atoms with Crippen LogP contribution in [0.3, 0.4) is 0 Å². The Morgan fingerprint density at radius 1 is 1.70 bits per heavy atom. The van der Waals surface area contributed by atoms with Gasteiger partial charge >= 0.3 is 0 Å². The van der Waals surface area contributed by atoms with Gasteiger partial charge in [0.2, 0.25) is 5.91 Å². The molecule has 0 aliphatic carbocycles. The average molecular weight is 140 g/mol. The molecule has 0 rings (SSSR count). The van der Waals surface area contributed by atoms with E-state index in [1.54, 1.807) is 6.92 Å². The highest BCUT2D eigenvalue weighted by atomic mass is 16.1. The predicted octanol–water partition coefficient (Wildman–Crippen LogP) is -0.525. The molecule has 0 radical (unpaired) electrons. The van der Waals surface area contributed by atoms with Crippen LogP contribution in [0.2, 0.25) is 0 Å². The molecule has 3 heteroatoms. The molecule has 1 amide bonds. The summed E-state index contributed by atoms with van der Waals surface area (Å²) in [4.78, 5) is 10.7. The summed E-state index contributed by atoms with van der Waals surface area (Å²) in [6, 6.07) is 0. The molecular weight excluding hydrogens is 128 g/mol. The summed E-state index contributed by atoms with van der Waals surface area (Å²) in [5, 5.41) is 2.59. The number of nitrogens with one attached hydrogen (secondary N) is 1. The van der Waals surface area contributed by atoms with Crippen molar-refractivity contribution in [3.05, 3.63) is 0 Å². The first-order valence-electron chi connectivity index (χ1n) is 3.17. The van der Waals surface area contributed by atoms with Gasteiger partial charge in [0.25, 0.3) is 0 Å². The predicted molar refractivity (Wildman–Crippen MR) is 40.1 cm³/mol. The monoisotopic (exact) mass is 140 g/mol. The first-order chi connectivity index (χ1) is 4.81. The number of hydrogen-bond donors (Lipinski definition) is 2. The first-order valence-corrected chi connectivity index (χ1v) is 3.17. The second-order valence-electron chi connectivity index (χ2n) is 1.74. The van der Waals surface area contributed by atoms with Gasteiger partial charge in [0, 0.05) is 13.0 Å². The Hall–Kier alpha value is -1.01. The summed E-state index contributed by atoms with van der Waals surface area (Å²) < 4.78 is 0. The van der Waals surface area contributed by atoms with Gasteiger partial charge in [0.15, 0.2) is 0 Å². The van der Waals surface area contributed by atoms with Crippen LogP contribution >= 0.6 is 0 Å². The molecule has 0 heterocycles. The Labute approximate surface area is 61.0 Å². The van der Waals surface area contributed by atoms with Crippen LogP contribution in [0, 0.1) is 11.8 Å². The van der Waals surface area contributed by atoms with E-state index in [4.69, 9.17) is 5.73 Å². The van der Waals surface area contributed by atoms with Crippen LogP contribution < -0.4 is 11.1 Å². The average Bonchev–Trinajstić information content (AvgIpc) is 1.89. The molecule has 0 aromatic heterocycles. The van der Waals surface area contributed by atoms with Crippen molar-refractivity contribution in [2.45, 2.75) is 13.3 Å². The third-order valence-electron chi connectivity index (χ3n) is 0.922. The van der Waals surface area contributed by atoms with E-state index in [1.165, 1.54) is 0 Å². The molecule has 0 atom stereocenters. The number of nitrogens with two attached hydrogens (primary N) is 1. The van der Waals surface area contributed by atoms with Gasteiger partial charge in [0.1, 0.15) is 0 Å². The van der Waals surface area contributed by atoms with Crippen molar-refractivity contribution in [3.63, 3.8) is 0 Å². The third kappa shape index (κ3) is 5.13. The number of rotatable bonds is 3. The van der Waals surface area contributed by atoms with E-state index in [9.17, 15) is 4.79 Å². The standard InChI is InChI=1S/C7H12N2O/c1-2-3-6-9-7(10)4-5-8/h4-6,8H2,1H3,(H,9,10). The number of hydrogen-bond acceptors (Lipinski definition) is 2. The van der Waals surface area contributed by atoms with Crippen LogP contribution in [0.4, 0.5) is 0 Å². The van der Waals surface area contributed by atoms with Crippen LogP contribution in [0.5, 0.6) is 0 Å². The highest BCUT2D eigenvalue weighted by molar-refractivity contribution is 5.76. The third-order valence-corrected chi connectivity index (χ3v) is 0.922. The zero-order valence-electron chi connectivity index (χ0n) is 6.11. The summed E-state index contributed by atoms with van der Waals surface area (Å²) in [6.07, 6.45) is 0.380. The van der Waals surface area contributed by atoms with Crippen LogP contribution in [-0.2, 0) is 4.79 Å². The van der Waals surface area contributed by atoms with Crippen molar-refractivity contribution >= 4 is 5.91 Å². The Bertz CT molecular complexity index is 155. The molecule has 0 aromatic carbocycles. The zero-order valence-corrected chi connectivity index (χ0v) is 6.11. The molecule has 0 saturated heterocycles. The lowest BCUT2D eigenvalue weighted by molar-refractivity contribution is -0.120. The molecule has 0 aromatic rings. The highest BCUT2D eigenvalue weighted by Gasteiger charge is 1.94. The van der Waals surface area contributed by atoms with Gasteiger partial charge in [-0.25, -0.2) is 0 Å². The fourth-order valence-electron chi connectivity index (χ4n) is 0.451. The lowest BCUT2D eigenvalue weighted by Gasteiger charge is -1.96. The van der Waals surface area contributed by atoms with Crippen molar-refractivity contribution in [2.75, 3.05) is 13.1 Å². The van der Waals surface area contributed by atoms with Crippen LogP contribution in [0.15, 0.2) is 0 Å². The maximum Gasteiger partial charge on any atom is 0.222 e. The number of carbonyl (C=O) groups is 1. The molecule has 56 valence electrons. The van der Waals surface area contributed by atoms with Gasteiger partial charge in [-0.15, -0.1) is 5.92 Å². The van der Waals surface area contributed by atoms with Crippen molar-refractivity contribution in [1.82, 2.24) is 5.32 Å². The van der Waals surface area contributed by atoms with Crippen molar-refractivity contribution in [2.24, 2.45) is 5.73 Å². The van der Waals surface area contributed by atoms with Crippen molar-refractivity contribution in [1.29, 1.82) is 0 Å². The zero-order chi connectivity index (χ0) is 7.82. The number of amides is 1. The largest absolute Gasteiger partial charge is 0.345 e. The molecule has 3 N–H and O–H groups in total. The summed E-state index contributed by atoms with van der Waals surface area (Å²) in [6.45, 7) is 2.55. The smallest absolute Gasteiger partial charge is 0.222 e. The summed E-state index contributed by atoms with van der Waals surface area (Å²) in [5.74, 6) is 5.35. The van der Waals surface area contributed by atoms with E-state index in [-0.39, 0.29) is 5.91 Å². The maximum absolute atomic E-state index is 10.7. The fraction of sp³-hybridized carbons (Fsp3) is 0.571. The minimum atomic E-state index is -0.0368. The molecule has 0 spiro atoms. The van der Waals surface area contributed by atoms with E-state index < -0.39 is 0 Å². The molecule has 10 heavy (non-hydrogen) atoms. The van der Waals surface area contributed by atoms with Crippen LogP contribution in [0.25, 0.3) is 0 Å². The van der Waals surface area contributed by atoms with Gasteiger partial charge in [-0.05, 0) is 6.92 Å². The van der Waals surface area contributed by atoms with Crippen molar-refractivity contribution < 1.29 is 4.79 Å². The number of carbonyl (C=O) groups excluding carboxylic acids is 1. The summed E-state index contributed by atoms with van der Waals surface area (Å²) in [7, 11) is 0. The normalized spacial score (nSPS) is 7.80. The molecule has 0 unspecified atom stereocenters. The molecule has 3 nitrogen and oxygen atoms in total. The van der Waals surface area contributed by atoms with E-state index in [0.29, 0.717) is 19.5 Å². The van der Waals surface area contributed by atoms with Crippen molar-refractivity contribution in [3.8, 4) is 11.8 Å². The minimum Gasteiger partial charge on any atom is -0.345 e. The Balaban J connectivity index is 3.27. The molecule has 0 bridgehead atoms. The Morgan fingerprint density at radius 2 is 2.40 bits per heavy atom. The summed E-state index contributed by atoms with van der Waals surface area (Å²) in [5.41, 5.74) is 5.14. The van der Waals surface area contributed by atoms with E-state index >= 15 is 0 Å². The first kappa shape index (κ1) is 8.99. The van der Waals surface area contributed by atoms with Gasteiger partial charge < -0.3 is 11.1 Å². The topological polar surface area (TPSA) is 55.1 Å². The second kappa shape index (κ2) is 6.12. The van der Waals surface area contributed by atoms with Gasteiger partial charge in [0.05, 0.1) is 6.54 Å². The second-order valence-corrected chi connectivity index (χ2v) is 1.74. The fourth-order valence-corrected chi connectivity index (χ4v) is 0.451. The minimum absolute atomic E-state index is 0.0368. The van der Waals surface area contributed by atoms with E-state index in [2.05, 4.69) is 17.2 Å². The lowest BCUT2D eigenvalue weighted by atomic mass is 10.4. The Morgan fingerprint density at radius 3 is 2.90 bits per heavy atom. The molecule has 0 aliphatic rings. The summed E-state index contributed by atoms with van der Waals surface area (Å²) >= 11 is 0. The lowest BCUT2D eigenvalue weighted by Crippen LogP contribution is -2.25. The molecule has 0 aliphatic heterocycles. The Kier molecular flexibility index (Phi) is 5.50. The van der Waals surface area contributed by atoms with Crippen LogP contribution in [0.1, 0.15) is 13.3 Å². The molecule has 0 saturated carbocycles. The van der Waals surface area contributed by atoms with Gasteiger partial charge in [-0.1, -0.05) is 5.92 Å².